The average molecular weight is 524 g/mol. The molecule has 38 heavy (non-hydrogen) atoms. The summed E-state index contributed by atoms with van der Waals surface area (Å²) in [7, 11) is 3.84. The topological polar surface area (TPSA) is 93.4 Å². The standard InChI is InChI=1S/C28H28F3N5O2/c1-17-5-6-19(14-22(17)18-7-9-23-20(13-18)16-33-27(32)35-23)26(37)34-24-15-21(28(29,30)31)8-10-25(24)38-12-4-11-36(2)3/h5-10,13-16H,4,11-12H2,1-3H3,(H,34,37)(H2,32,33,35). The summed E-state index contributed by atoms with van der Waals surface area (Å²) >= 11 is 0. The lowest BCUT2D eigenvalue weighted by molar-refractivity contribution is -0.137. The minimum Gasteiger partial charge on any atom is -0.491 e. The Bertz CT molecular complexity index is 1470. The highest BCUT2D eigenvalue weighted by Crippen LogP contribution is 2.36. The molecule has 4 aromatic rings. The van der Waals surface area contributed by atoms with Crippen LogP contribution in [-0.4, -0.2) is 48.0 Å². The molecule has 1 amide bonds. The van der Waals surface area contributed by atoms with Gasteiger partial charge in [0, 0.05) is 23.7 Å². The number of alkyl halides is 3. The number of rotatable bonds is 8. The van der Waals surface area contributed by atoms with Gasteiger partial charge < -0.3 is 20.7 Å². The molecule has 4 rings (SSSR count). The van der Waals surface area contributed by atoms with E-state index in [1.54, 1.807) is 24.4 Å². The number of fused-ring (bicyclic) bond motifs is 1. The molecular formula is C28H28F3N5O2. The summed E-state index contributed by atoms with van der Waals surface area (Å²) in [5, 5.41) is 3.40. The Kier molecular flexibility index (Phi) is 7.82. The van der Waals surface area contributed by atoms with Crippen LogP contribution in [0.3, 0.4) is 0 Å². The van der Waals surface area contributed by atoms with Crippen molar-refractivity contribution in [3.05, 3.63) is 77.5 Å². The van der Waals surface area contributed by atoms with Crippen molar-refractivity contribution in [3.8, 4) is 16.9 Å². The van der Waals surface area contributed by atoms with Gasteiger partial charge in [-0.05, 0) is 86.6 Å². The number of carbonyl (C=O) groups excluding carboxylic acids is 1. The molecule has 0 radical (unpaired) electrons. The monoisotopic (exact) mass is 523 g/mol. The van der Waals surface area contributed by atoms with Gasteiger partial charge in [-0.1, -0.05) is 12.1 Å². The van der Waals surface area contributed by atoms with E-state index in [9.17, 15) is 18.0 Å². The maximum atomic E-state index is 13.4. The first-order valence-corrected chi connectivity index (χ1v) is 11.9. The van der Waals surface area contributed by atoms with Crippen LogP contribution in [-0.2, 0) is 6.18 Å². The highest BCUT2D eigenvalue weighted by Gasteiger charge is 2.31. The predicted octanol–water partition coefficient (Wildman–Crippen LogP) is 5.79. The fourth-order valence-electron chi connectivity index (χ4n) is 3.98. The summed E-state index contributed by atoms with van der Waals surface area (Å²) in [5.74, 6) is -0.206. The second-order valence-electron chi connectivity index (χ2n) is 9.20. The van der Waals surface area contributed by atoms with Crippen LogP contribution < -0.4 is 15.8 Å². The minimum absolute atomic E-state index is 0.0442. The number of carbonyl (C=O) groups is 1. The fraction of sp³-hybridized carbons (Fsp3) is 0.250. The summed E-state index contributed by atoms with van der Waals surface area (Å²) in [5.41, 5.74) is 8.26. The first-order chi connectivity index (χ1) is 18.0. The van der Waals surface area contributed by atoms with Crippen LogP contribution in [0.1, 0.15) is 27.9 Å². The Balaban J connectivity index is 1.62. The van der Waals surface area contributed by atoms with Gasteiger partial charge in [-0.25, -0.2) is 9.97 Å². The number of nitrogens with one attached hydrogen (secondary N) is 1. The van der Waals surface area contributed by atoms with E-state index in [1.165, 1.54) is 6.07 Å². The van der Waals surface area contributed by atoms with Gasteiger partial charge in [0.1, 0.15) is 5.75 Å². The molecule has 0 aliphatic rings. The third-order valence-electron chi connectivity index (χ3n) is 5.97. The van der Waals surface area contributed by atoms with Crippen molar-refractivity contribution in [2.75, 3.05) is 38.3 Å². The van der Waals surface area contributed by atoms with Crippen LogP contribution in [0.4, 0.5) is 24.8 Å². The van der Waals surface area contributed by atoms with Crippen LogP contribution in [0.25, 0.3) is 22.0 Å². The Labute approximate surface area is 218 Å². The van der Waals surface area contributed by atoms with E-state index in [-0.39, 0.29) is 22.9 Å². The first kappa shape index (κ1) is 26.9. The number of aromatic nitrogens is 2. The summed E-state index contributed by atoms with van der Waals surface area (Å²) in [6.07, 6.45) is -2.27. The third-order valence-corrected chi connectivity index (χ3v) is 5.97. The summed E-state index contributed by atoms with van der Waals surface area (Å²) < 4.78 is 45.9. The SMILES string of the molecule is Cc1ccc(C(=O)Nc2cc(C(F)(F)F)ccc2OCCCN(C)C)cc1-c1ccc2nc(N)ncc2c1. The number of hydrogen-bond donors (Lipinski definition) is 2. The molecule has 0 saturated heterocycles. The van der Waals surface area contributed by atoms with E-state index in [4.69, 9.17) is 10.5 Å². The quantitative estimate of drug-likeness (QED) is 0.284. The van der Waals surface area contributed by atoms with Crippen LogP contribution in [0.2, 0.25) is 0 Å². The highest BCUT2D eigenvalue weighted by atomic mass is 19.4. The van der Waals surface area contributed by atoms with Crippen molar-refractivity contribution in [1.82, 2.24) is 14.9 Å². The number of ether oxygens (including phenoxy) is 1. The van der Waals surface area contributed by atoms with Crippen molar-refractivity contribution in [2.24, 2.45) is 0 Å². The van der Waals surface area contributed by atoms with Crippen LogP contribution >= 0.6 is 0 Å². The predicted molar refractivity (Wildman–Crippen MR) is 142 cm³/mol. The molecule has 0 aliphatic heterocycles. The van der Waals surface area contributed by atoms with E-state index in [1.807, 2.05) is 44.1 Å². The molecule has 10 heteroatoms. The number of nitrogen functional groups attached to an aromatic ring is 1. The Morgan fingerprint density at radius 1 is 1.08 bits per heavy atom. The lowest BCUT2D eigenvalue weighted by Gasteiger charge is -2.17. The molecule has 0 fully saturated rings. The zero-order valence-corrected chi connectivity index (χ0v) is 21.3. The smallest absolute Gasteiger partial charge is 0.416 e. The summed E-state index contributed by atoms with van der Waals surface area (Å²) in [4.78, 5) is 23.4. The second kappa shape index (κ2) is 11.1. The third kappa shape index (κ3) is 6.38. The lowest BCUT2D eigenvalue weighted by atomic mass is 9.97. The molecule has 7 nitrogen and oxygen atoms in total. The van der Waals surface area contributed by atoms with Gasteiger partial charge in [0.15, 0.2) is 0 Å². The molecule has 1 heterocycles. The molecule has 0 unspecified atom stereocenters. The largest absolute Gasteiger partial charge is 0.491 e. The number of nitrogens with two attached hydrogens (primary N) is 1. The highest BCUT2D eigenvalue weighted by molar-refractivity contribution is 6.06. The van der Waals surface area contributed by atoms with Crippen molar-refractivity contribution >= 4 is 28.4 Å². The number of anilines is 2. The number of amides is 1. The molecule has 0 saturated carbocycles. The van der Waals surface area contributed by atoms with Gasteiger partial charge >= 0.3 is 6.18 Å². The molecule has 0 atom stereocenters. The van der Waals surface area contributed by atoms with Crippen molar-refractivity contribution in [3.63, 3.8) is 0 Å². The number of nitrogens with zero attached hydrogens (tertiary/aromatic N) is 3. The Hall–Kier alpha value is -4.18. The second-order valence-corrected chi connectivity index (χ2v) is 9.20. The van der Waals surface area contributed by atoms with Gasteiger partial charge in [0.2, 0.25) is 5.95 Å². The normalized spacial score (nSPS) is 11.7. The average Bonchev–Trinajstić information content (AvgIpc) is 2.86. The van der Waals surface area contributed by atoms with Gasteiger partial charge in [-0.3, -0.25) is 4.79 Å². The first-order valence-electron chi connectivity index (χ1n) is 11.9. The molecule has 3 aromatic carbocycles. The van der Waals surface area contributed by atoms with Crippen LogP contribution in [0.15, 0.2) is 60.8 Å². The zero-order chi connectivity index (χ0) is 27.4. The number of benzene rings is 3. The van der Waals surface area contributed by atoms with Gasteiger partial charge in [0.05, 0.1) is 23.4 Å². The molecule has 1 aromatic heterocycles. The van der Waals surface area contributed by atoms with Crippen molar-refractivity contribution < 1.29 is 22.7 Å². The Morgan fingerprint density at radius 3 is 2.61 bits per heavy atom. The molecule has 0 bridgehead atoms. The Morgan fingerprint density at radius 2 is 1.87 bits per heavy atom. The minimum atomic E-state index is -4.57. The summed E-state index contributed by atoms with van der Waals surface area (Å²) in [6, 6.07) is 13.8. The van der Waals surface area contributed by atoms with E-state index in [0.29, 0.717) is 18.5 Å². The van der Waals surface area contributed by atoms with E-state index in [2.05, 4.69) is 15.3 Å². The van der Waals surface area contributed by atoms with Crippen molar-refractivity contribution in [1.29, 1.82) is 0 Å². The van der Waals surface area contributed by atoms with E-state index in [0.717, 1.165) is 40.8 Å². The van der Waals surface area contributed by atoms with Gasteiger partial charge in [-0.15, -0.1) is 0 Å². The molecule has 0 spiro atoms. The summed E-state index contributed by atoms with van der Waals surface area (Å²) in [6.45, 7) is 2.95. The van der Waals surface area contributed by atoms with Gasteiger partial charge in [-0.2, -0.15) is 13.2 Å². The number of aryl methyl sites for hydroxylation is 1. The van der Waals surface area contributed by atoms with E-state index < -0.39 is 17.6 Å². The van der Waals surface area contributed by atoms with Gasteiger partial charge in [0.25, 0.3) is 5.91 Å². The van der Waals surface area contributed by atoms with Crippen LogP contribution in [0.5, 0.6) is 5.75 Å². The lowest BCUT2D eigenvalue weighted by Crippen LogP contribution is -2.17. The van der Waals surface area contributed by atoms with E-state index >= 15 is 0 Å². The fourth-order valence-corrected chi connectivity index (χ4v) is 3.98. The number of hydrogen-bond acceptors (Lipinski definition) is 6. The molecule has 3 N–H and O–H groups in total. The van der Waals surface area contributed by atoms with Crippen LogP contribution in [0, 0.1) is 6.92 Å². The zero-order valence-electron chi connectivity index (χ0n) is 21.3. The molecule has 0 aliphatic carbocycles. The molecule has 198 valence electrons. The number of halogens is 3. The molecular weight excluding hydrogens is 495 g/mol. The maximum absolute atomic E-state index is 13.4. The maximum Gasteiger partial charge on any atom is 0.416 e. The van der Waals surface area contributed by atoms with Crippen molar-refractivity contribution in [2.45, 2.75) is 19.5 Å².